The summed E-state index contributed by atoms with van der Waals surface area (Å²) in [7, 11) is 3.84. The summed E-state index contributed by atoms with van der Waals surface area (Å²) in [5.41, 5.74) is -0.303. The molecule has 1 heterocycles. The number of piperazine rings is 1. The van der Waals surface area contributed by atoms with Crippen molar-refractivity contribution in [3.63, 3.8) is 0 Å². The van der Waals surface area contributed by atoms with Crippen molar-refractivity contribution in [2.24, 2.45) is 0 Å². The molecule has 0 bridgehead atoms. The van der Waals surface area contributed by atoms with Crippen LogP contribution in [-0.2, 0) is 4.74 Å². The zero-order chi connectivity index (χ0) is 9.19. The van der Waals surface area contributed by atoms with E-state index in [0.29, 0.717) is 6.04 Å². The van der Waals surface area contributed by atoms with Crippen LogP contribution in [0.25, 0.3) is 0 Å². The summed E-state index contributed by atoms with van der Waals surface area (Å²) in [5.74, 6) is 0. The summed E-state index contributed by atoms with van der Waals surface area (Å²) in [5, 5.41) is 3.34. The van der Waals surface area contributed by atoms with E-state index in [1.165, 1.54) is 0 Å². The molecule has 1 aliphatic rings. The SMILES string of the molecule is [CH2][C@](C)(OC)C1CNCCN1C. The van der Waals surface area contributed by atoms with Crippen molar-refractivity contribution in [3.8, 4) is 0 Å². The van der Waals surface area contributed by atoms with Crippen LogP contribution in [0.4, 0.5) is 0 Å². The van der Waals surface area contributed by atoms with E-state index in [4.69, 9.17) is 4.74 Å². The predicted octanol–water partition coefficient (Wildman–Crippen LogP) is 0.129. The first-order valence-corrected chi connectivity index (χ1v) is 4.39. The molecule has 0 aromatic heterocycles. The molecule has 0 aromatic rings. The first-order chi connectivity index (χ1) is 5.58. The first kappa shape index (κ1) is 9.96. The lowest BCUT2D eigenvalue weighted by atomic mass is 9.96. The van der Waals surface area contributed by atoms with Crippen molar-refractivity contribution in [3.05, 3.63) is 6.92 Å². The maximum absolute atomic E-state index is 5.35. The van der Waals surface area contributed by atoms with E-state index in [-0.39, 0.29) is 5.60 Å². The molecule has 2 atom stereocenters. The van der Waals surface area contributed by atoms with Gasteiger partial charge in [-0.3, -0.25) is 4.90 Å². The van der Waals surface area contributed by atoms with Crippen LogP contribution in [0.2, 0.25) is 0 Å². The van der Waals surface area contributed by atoms with Gasteiger partial charge in [-0.25, -0.2) is 0 Å². The van der Waals surface area contributed by atoms with Crippen molar-refractivity contribution in [1.29, 1.82) is 0 Å². The summed E-state index contributed by atoms with van der Waals surface area (Å²) < 4.78 is 5.35. The zero-order valence-corrected chi connectivity index (χ0v) is 8.26. The highest BCUT2D eigenvalue weighted by Crippen LogP contribution is 2.18. The molecule has 1 rings (SSSR count). The molecule has 0 spiro atoms. The van der Waals surface area contributed by atoms with Gasteiger partial charge in [0.2, 0.25) is 0 Å². The van der Waals surface area contributed by atoms with E-state index in [9.17, 15) is 0 Å². The minimum Gasteiger partial charge on any atom is -0.377 e. The highest BCUT2D eigenvalue weighted by atomic mass is 16.5. The van der Waals surface area contributed by atoms with Crippen molar-refractivity contribution >= 4 is 0 Å². The Hall–Kier alpha value is -0.120. The fraction of sp³-hybridized carbons (Fsp3) is 0.889. The smallest absolute Gasteiger partial charge is 0.0818 e. The van der Waals surface area contributed by atoms with Gasteiger partial charge < -0.3 is 10.1 Å². The van der Waals surface area contributed by atoms with Crippen molar-refractivity contribution < 1.29 is 4.74 Å². The predicted molar refractivity (Wildman–Crippen MR) is 50.1 cm³/mol. The Morgan fingerprint density at radius 1 is 1.67 bits per heavy atom. The van der Waals surface area contributed by atoms with E-state index in [2.05, 4.69) is 24.2 Å². The number of hydrogen-bond acceptors (Lipinski definition) is 3. The molecule has 0 amide bonds. The van der Waals surface area contributed by atoms with E-state index >= 15 is 0 Å². The third-order valence-corrected chi connectivity index (χ3v) is 2.68. The van der Waals surface area contributed by atoms with Crippen molar-refractivity contribution in [2.75, 3.05) is 33.8 Å². The van der Waals surface area contributed by atoms with Gasteiger partial charge in [0.25, 0.3) is 0 Å². The van der Waals surface area contributed by atoms with Crippen LogP contribution in [-0.4, -0.2) is 50.3 Å². The molecule has 1 aliphatic heterocycles. The van der Waals surface area contributed by atoms with Crippen LogP contribution in [0.1, 0.15) is 6.92 Å². The average Bonchev–Trinajstić information content (AvgIpc) is 2.05. The van der Waals surface area contributed by atoms with Crippen molar-refractivity contribution in [2.45, 2.75) is 18.6 Å². The van der Waals surface area contributed by atoms with Crippen LogP contribution >= 0.6 is 0 Å². The largest absolute Gasteiger partial charge is 0.377 e. The Balaban J connectivity index is 2.58. The minimum atomic E-state index is -0.303. The lowest BCUT2D eigenvalue weighted by Crippen LogP contribution is -2.59. The maximum Gasteiger partial charge on any atom is 0.0818 e. The Labute approximate surface area is 75.1 Å². The van der Waals surface area contributed by atoms with E-state index < -0.39 is 0 Å². The second-order valence-electron chi connectivity index (χ2n) is 3.72. The molecular weight excluding hydrogens is 152 g/mol. The Kier molecular flexibility index (Phi) is 3.09. The Morgan fingerprint density at radius 2 is 2.33 bits per heavy atom. The summed E-state index contributed by atoms with van der Waals surface area (Å²) >= 11 is 0. The van der Waals surface area contributed by atoms with Gasteiger partial charge in [0.15, 0.2) is 0 Å². The number of methoxy groups -OCH3 is 1. The standard InChI is InChI=1S/C9H19N2O/c1-9(2,12-4)8-7-10-5-6-11(8)3/h8,10H,1,5-7H2,2-4H3/t8?,9-/m1/s1. The average molecular weight is 171 g/mol. The Morgan fingerprint density at radius 3 is 2.83 bits per heavy atom. The van der Waals surface area contributed by atoms with Gasteiger partial charge >= 0.3 is 0 Å². The second kappa shape index (κ2) is 3.73. The second-order valence-corrected chi connectivity index (χ2v) is 3.72. The number of hydrogen-bond donors (Lipinski definition) is 1. The van der Waals surface area contributed by atoms with E-state index in [1.54, 1.807) is 7.11 Å². The molecule has 1 saturated heterocycles. The number of ether oxygens (including phenoxy) is 1. The van der Waals surface area contributed by atoms with Crippen LogP contribution in [0.5, 0.6) is 0 Å². The molecule has 1 radical (unpaired) electrons. The van der Waals surface area contributed by atoms with Gasteiger partial charge in [-0.05, 0) is 20.9 Å². The van der Waals surface area contributed by atoms with Gasteiger partial charge in [-0.15, -0.1) is 0 Å². The lowest BCUT2D eigenvalue weighted by molar-refractivity contribution is -0.0334. The highest BCUT2D eigenvalue weighted by Gasteiger charge is 2.33. The van der Waals surface area contributed by atoms with Gasteiger partial charge in [0, 0.05) is 26.7 Å². The van der Waals surface area contributed by atoms with Crippen LogP contribution < -0.4 is 5.32 Å². The van der Waals surface area contributed by atoms with E-state index in [1.807, 2.05) is 6.92 Å². The number of nitrogens with zero attached hydrogens (tertiary/aromatic N) is 1. The summed E-state index contributed by atoms with van der Waals surface area (Å²) in [6.45, 7) is 9.18. The molecule has 71 valence electrons. The van der Waals surface area contributed by atoms with Crippen molar-refractivity contribution in [1.82, 2.24) is 10.2 Å². The number of likely N-dealkylation sites (N-methyl/N-ethyl adjacent to an activating group) is 1. The topological polar surface area (TPSA) is 24.5 Å². The third-order valence-electron chi connectivity index (χ3n) is 2.68. The molecule has 12 heavy (non-hydrogen) atoms. The summed E-state index contributed by atoms with van der Waals surface area (Å²) in [6, 6.07) is 0.372. The molecule has 1 unspecified atom stereocenters. The molecule has 0 aromatic carbocycles. The first-order valence-electron chi connectivity index (χ1n) is 4.39. The highest BCUT2D eigenvalue weighted by molar-refractivity contribution is 4.95. The minimum absolute atomic E-state index is 0.303. The maximum atomic E-state index is 5.35. The quantitative estimate of drug-likeness (QED) is 0.639. The Bertz CT molecular complexity index is 147. The fourth-order valence-electron chi connectivity index (χ4n) is 1.62. The van der Waals surface area contributed by atoms with Crippen LogP contribution in [0.3, 0.4) is 0 Å². The molecule has 3 heteroatoms. The third kappa shape index (κ3) is 1.97. The lowest BCUT2D eigenvalue weighted by Gasteiger charge is -2.42. The van der Waals surface area contributed by atoms with Gasteiger partial charge in [-0.1, -0.05) is 0 Å². The van der Waals surface area contributed by atoms with Crippen LogP contribution in [0, 0.1) is 6.92 Å². The van der Waals surface area contributed by atoms with Gasteiger partial charge in [-0.2, -0.15) is 0 Å². The molecule has 3 nitrogen and oxygen atoms in total. The summed E-state index contributed by atoms with van der Waals surface area (Å²) in [6.07, 6.45) is 0. The number of rotatable bonds is 2. The molecule has 1 N–H and O–H groups in total. The normalized spacial score (nSPS) is 27.5. The molecular formula is C9H19N2O. The van der Waals surface area contributed by atoms with Crippen LogP contribution in [0.15, 0.2) is 0 Å². The molecule has 0 saturated carbocycles. The zero-order valence-electron chi connectivity index (χ0n) is 8.26. The molecule has 0 aliphatic carbocycles. The van der Waals surface area contributed by atoms with Gasteiger partial charge in [0.1, 0.15) is 0 Å². The van der Waals surface area contributed by atoms with E-state index in [0.717, 1.165) is 19.6 Å². The molecule has 1 fully saturated rings. The summed E-state index contributed by atoms with van der Waals surface area (Å²) in [4.78, 5) is 2.30. The monoisotopic (exact) mass is 171 g/mol. The number of nitrogens with one attached hydrogen (secondary N) is 1. The van der Waals surface area contributed by atoms with Gasteiger partial charge in [0.05, 0.1) is 11.6 Å². The fourth-order valence-corrected chi connectivity index (χ4v) is 1.62.